The summed E-state index contributed by atoms with van der Waals surface area (Å²) in [6.07, 6.45) is 3.73. The molecule has 3 rings (SSSR count). The fourth-order valence-corrected chi connectivity index (χ4v) is 2.13. The molecule has 0 aliphatic carbocycles. The number of rotatable bonds is 5. The summed E-state index contributed by atoms with van der Waals surface area (Å²) in [4.78, 5) is 26.2. The molecule has 2 heterocycles. The third-order valence-corrected chi connectivity index (χ3v) is 3.25. The third-order valence-electron chi connectivity index (χ3n) is 3.25. The van der Waals surface area contributed by atoms with Crippen LogP contribution < -0.4 is 16.0 Å². The van der Waals surface area contributed by atoms with E-state index < -0.39 is 17.1 Å². The lowest BCUT2D eigenvalue weighted by atomic mass is 10.2. The van der Waals surface area contributed by atoms with Crippen molar-refractivity contribution in [3.8, 4) is 17.3 Å². The first kappa shape index (κ1) is 16.2. The Kier molecular flexibility index (Phi) is 4.42. The Morgan fingerprint density at radius 3 is 2.56 bits per heavy atom. The number of benzene rings is 1. The van der Waals surface area contributed by atoms with Crippen LogP contribution >= 0.6 is 0 Å². The smallest absolute Gasteiger partial charge is 0.335 e. The molecule has 2 N–H and O–H groups in total. The van der Waals surface area contributed by atoms with Crippen LogP contribution in [0.1, 0.15) is 12.5 Å². The highest BCUT2D eigenvalue weighted by atomic mass is 16.5. The second-order valence-corrected chi connectivity index (χ2v) is 4.85. The van der Waals surface area contributed by atoms with Crippen LogP contribution in [0.4, 0.5) is 0 Å². The highest BCUT2D eigenvalue weighted by Crippen LogP contribution is 2.18. The van der Waals surface area contributed by atoms with Crippen molar-refractivity contribution >= 4 is 6.21 Å². The van der Waals surface area contributed by atoms with Crippen molar-refractivity contribution in [2.45, 2.75) is 6.92 Å². The first-order valence-electron chi connectivity index (χ1n) is 7.30. The van der Waals surface area contributed by atoms with Crippen molar-refractivity contribution in [3.63, 3.8) is 0 Å². The van der Waals surface area contributed by atoms with Crippen molar-refractivity contribution in [3.05, 3.63) is 63.3 Å². The Hall–Kier alpha value is -3.69. The summed E-state index contributed by atoms with van der Waals surface area (Å²) < 4.78 is 7.54. The van der Waals surface area contributed by atoms with Crippen molar-refractivity contribution in [1.29, 1.82) is 0 Å². The molecule has 3 aromatic rings. The van der Waals surface area contributed by atoms with E-state index in [9.17, 15) is 14.7 Å². The summed E-state index contributed by atoms with van der Waals surface area (Å²) in [6, 6.07) is 6.48. The number of aromatic amines is 1. The third kappa shape index (κ3) is 3.32. The average Bonchev–Trinajstić information content (AvgIpc) is 3.09. The van der Waals surface area contributed by atoms with Crippen LogP contribution in [0.3, 0.4) is 0 Å². The summed E-state index contributed by atoms with van der Waals surface area (Å²) >= 11 is 0. The van der Waals surface area contributed by atoms with E-state index in [2.05, 4.69) is 20.3 Å². The van der Waals surface area contributed by atoms with E-state index in [1.807, 2.05) is 6.92 Å². The molecule has 0 atom stereocenters. The Balaban J connectivity index is 2.06. The van der Waals surface area contributed by atoms with Gasteiger partial charge in [0.1, 0.15) is 24.0 Å². The maximum atomic E-state index is 12.1. The van der Waals surface area contributed by atoms with Crippen molar-refractivity contribution < 1.29 is 9.84 Å². The van der Waals surface area contributed by atoms with Crippen LogP contribution in [-0.2, 0) is 0 Å². The van der Waals surface area contributed by atoms with Crippen molar-refractivity contribution in [2.75, 3.05) is 6.61 Å². The lowest BCUT2D eigenvalue weighted by molar-refractivity contribution is 0.340. The molecule has 128 valence electrons. The average molecular weight is 342 g/mol. The monoisotopic (exact) mass is 342 g/mol. The largest absolute Gasteiger partial charge is 0.494 e. The summed E-state index contributed by atoms with van der Waals surface area (Å²) in [7, 11) is 0. The molecule has 0 amide bonds. The van der Waals surface area contributed by atoms with Crippen LogP contribution in [0.2, 0.25) is 0 Å². The van der Waals surface area contributed by atoms with Gasteiger partial charge in [0.2, 0.25) is 5.88 Å². The van der Waals surface area contributed by atoms with Gasteiger partial charge in [0.05, 0.1) is 18.5 Å². The minimum atomic E-state index is -0.770. The van der Waals surface area contributed by atoms with Gasteiger partial charge in [-0.2, -0.15) is 5.10 Å². The zero-order valence-electron chi connectivity index (χ0n) is 13.2. The van der Waals surface area contributed by atoms with Crippen LogP contribution in [0.25, 0.3) is 5.69 Å². The molecule has 2 aromatic heterocycles. The normalized spacial score (nSPS) is 11.1. The topological polar surface area (TPSA) is 127 Å². The SMILES string of the molecule is CCOc1ccc(-n2c(O)c(C=Nn3cnnc3)c(=O)[nH]c2=O)cc1. The molecule has 10 heteroatoms. The Morgan fingerprint density at radius 2 is 1.92 bits per heavy atom. The predicted octanol–water partition coefficient (Wildman–Crippen LogP) is 0.104. The Bertz CT molecular complexity index is 1000. The van der Waals surface area contributed by atoms with Gasteiger partial charge < -0.3 is 9.84 Å². The minimum absolute atomic E-state index is 0.179. The molecule has 0 saturated heterocycles. The van der Waals surface area contributed by atoms with Crippen LogP contribution in [0.15, 0.2) is 51.6 Å². The number of aromatic hydroxyl groups is 1. The zero-order valence-corrected chi connectivity index (χ0v) is 13.2. The van der Waals surface area contributed by atoms with Crippen molar-refractivity contribution in [2.24, 2.45) is 5.10 Å². The van der Waals surface area contributed by atoms with Gasteiger partial charge >= 0.3 is 5.69 Å². The number of H-pyrrole nitrogens is 1. The van der Waals surface area contributed by atoms with Crippen LogP contribution in [-0.4, -0.2) is 42.4 Å². The molecule has 25 heavy (non-hydrogen) atoms. The van der Waals surface area contributed by atoms with Gasteiger partial charge in [-0.05, 0) is 31.2 Å². The first-order valence-corrected chi connectivity index (χ1v) is 7.30. The molecule has 0 radical (unpaired) electrons. The van der Waals surface area contributed by atoms with E-state index in [0.717, 1.165) is 10.8 Å². The summed E-state index contributed by atoms with van der Waals surface area (Å²) in [6.45, 7) is 2.36. The standard InChI is InChI=1S/C15H14N6O4/c1-2-25-11-5-3-10(4-6-11)21-14(23)12(13(22)19-15(21)24)7-18-20-8-16-17-9-20/h3-9,23H,2H2,1H3,(H,19,22,24). The number of hydrogen-bond donors (Lipinski definition) is 2. The van der Waals surface area contributed by atoms with E-state index in [1.54, 1.807) is 24.3 Å². The van der Waals surface area contributed by atoms with Crippen LogP contribution in [0.5, 0.6) is 11.6 Å². The molecular weight excluding hydrogens is 328 g/mol. The van der Waals surface area contributed by atoms with Gasteiger partial charge in [-0.15, -0.1) is 10.2 Å². The lowest BCUT2D eigenvalue weighted by Crippen LogP contribution is -2.31. The Morgan fingerprint density at radius 1 is 1.24 bits per heavy atom. The van der Waals surface area contributed by atoms with E-state index in [1.165, 1.54) is 17.3 Å². The van der Waals surface area contributed by atoms with Gasteiger partial charge in [-0.3, -0.25) is 9.78 Å². The van der Waals surface area contributed by atoms with Crippen molar-refractivity contribution in [1.82, 2.24) is 24.4 Å². The zero-order chi connectivity index (χ0) is 17.8. The number of ether oxygens (including phenoxy) is 1. The molecule has 10 nitrogen and oxygen atoms in total. The van der Waals surface area contributed by atoms with E-state index in [-0.39, 0.29) is 5.56 Å². The number of hydrogen-bond acceptors (Lipinski definition) is 7. The molecule has 0 aliphatic heterocycles. The van der Waals surface area contributed by atoms with E-state index in [4.69, 9.17) is 4.74 Å². The maximum absolute atomic E-state index is 12.1. The molecule has 0 saturated carbocycles. The van der Waals surface area contributed by atoms with Gasteiger partial charge in [0, 0.05) is 0 Å². The number of nitrogens with zero attached hydrogens (tertiary/aromatic N) is 5. The maximum Gasteiger partial charge on any atom is 0.335 e. The van der Waals surface area contributed by atoms with Gasteiger partial charge in [-0.25, -0.2) is 14.0 Å². The minimum Gasteiger partial charge on any atom is -0.494 e. The Labute approximate surface area is 140 Å². The molecule has 0 aliphatic rings. The summed E-state index contributed by atoms with van der Waals surface area (Å²) in [5.74, 6) is 0.0901. The number of aromatic nitrogens is 5. The molecule has 0 fully saturated rings. The van der Waals surface area contributed by atoms with E-state index in [0.29, 0.717) is 18.0 Å². The molecule has 0 bridgehead atoms. The fourth-order valence-electron chi connectivity index (χ4n) is 2.13. The van der Waals surface area contributed by atoms with Crippen LogP contribution in [0, 0.1) is 0 Å². The lowest BCUT2D eigenvalue weighted by Gasteiger charge is -2.10. The summed E-state index contributed by atoms with van der Waals surface area (Å²) in [5.41, 5.74) is -1.35. The first-order chi connectivity index (χ1) is 12.1. The second-order valence-electron chi connectivity index (χ2n) is 4.85. The molecular formula is C15H14N6O4. The molecule has 0 unspecified atom stereocenters. The van der Waals surface area contributed by atoms with E-state index >= 15 is 0 Å². The highest BCUT2D eigenvalue weighted by molar-refractivity contribution is 5.82. The predicted molar refractivity (Wildman–Crippen MR) is 88.5 cm³/mol. The summed E-state index contributed by atoms with van der Waals surface area (Å²) in [5, 5.41) is 21.4. The van der Waals surface area contributed by atoms with Gasteiger partial charge in [0.25, 0.3) is 5.56 Å². The quantitative estimate of drug-likeness (QED) is 0.633. The second kappa shape index (κ2) is 6.83. The molecule has 1 aromatic carbocycles. The molecule has 0 spiro atoms. The highest BCUT2D eigenvalue weighted by Gasteiger charge is 2.14. The fraction of sp³-hybridized carbons (Fsp3) is 0.133. The van der Waals surface area contributed by atoms with Gasteiger partial charge in [-0.1, -0.05) is 0 Å². The van der Waals surface area contributed by atoms with Gasteiger partial charge in [0.15, 0.2) is 0 Å². The number of nitrogens with one attached hydrogen (secondary N) is 1.